The third-order valence-corrected chi connectivity index (χ3v) is 8.72. The van der Waals surface area contributed by atoms with Gasteiger partial charge in [-0.2, -0.15) is 0 Å². The second-order valence-electron chi connectivity index (χ2n) is 12.7. The summed E-state index contributed by atoms with van der Waals surface area (Å²) in [6, 6.07) is 6.71. The zero-order chi connectivity index (χ0) is 38.7. The van der Waals surface area contributed by atoms with Crippen LogP contribution in [0, 0.1) is 0 Å². The van der Waals surface area contributed by atoms with Gasteiger partial charge in [0.25, 0.3) is 5.79 Å². The molecule has 15 atom stereocenters. The van der Waals surface area contributed by atoms with E-state index in [2.05, 4.69) is 5.32 Å². The van der Waals surface area contributed by atoms with Crippen LogP contribution in [-0.2, 0) is 39.7 Å². The fraction of sp³-hybridized carbons (Fsp3) is 0.750. The lowest BCUT2D eigenvalue weighted by atomic mass is 9.93. The number of benzene rings is 1. The van der Waals surface area contributed by atoms with E-state index in [1.165, 1.54) is 0 Å². The number of carboxylic acid groups (broad SMARTS) is 1. The number of carboxylic acids is 1. The van der Waals surface area contributed by atoms with Crippen molar-refractivity contribution in [3.8, 4) is 0 Å². The molecule has 1 amide bonds. The molecule has 20 heteroatoms. The van der Waals surface area contributed by atoms with Crippen LogP contribution in [0.2, 0.25) is 0 Å². The van der Waals surface area contributed by atoms with Gasteiger partial charge in [0.2, 0.25) is 5.91 Å². The Hall–Kier alpha value is -2.48. The summed E-state index contributed by atoms with van der Waals surface area (Å²) in [6.07, 6.45) is -25.3. The number of aliphatic carboxylic acids is 1. The maximum atomic E-state index is 12.9. The number of hydrogen-bond acceptors (Lipinski definition) is 18. The maximum Gasteiger partial charge on any atom is 0.364 e. The van der Waals surface area contributed by atoms with Gasteiger partial charge in [0.05, 0.1) is 44.5 Å². The van der Waals surface area contributed by atoms with Crippen molar-refractivity contribution in [3.05, 3.63) is 35.9 Å². The molecule has 0 radical (unpaired) electrons. The van der Waals surface area contributed by atoms with Crippen LogP contribution in [0.3, 0.4) is 0 Å². The highest BCUT2D eigenvalue weighted by Gasteiger charge is 2.55. The van der Waals surface area contributed by atoms with E-state index in [0.29, 0.717) is 12.0 Å². The predicted octanol–water partition coefficient (Wildman–Crippen LogP) is -5.58. The molecule has 13 N–H and O–H groups in total. The molecule has 1 aromatic rings. The molecule has 4 unspecified atom stereocenters. The van der Waals surface area contributed by atoms with E-state index in [9.17, 15) is 70.9 Å². The molecule has 2 saturated heterocycles. The lowest BCUT2D eigenvalue weighted by Crippen LogP contribution is -2.66. The number of aliphatic hydroxyl groups excluding tert-OH is 10. The molecule has 1 aromatic carbocycles. The molecule has 2 aliphatic heterocycles. The van der Waals surface area contributed by atoms with Gasteiger partial charge in [0.1, 0.15) is 54.9 Å². The third kappa shape index (κ3) is 11.3. The van der Waals surface area contributed by atoms with Gasteiger partial charge in [-0.05, 0) is 18.4 Å². The first-order valence-corrected chi connectivity index (χ1v) is 16.7. The Morgan fingerprint density at radius 3 is 2.06 bits per heavy atom. The van der Waals surface area contributed by atoms with E-state index in [1.54, 1.807) is 37.3 Å². The molecule has 0 saturated carbocycles. The molecular weight excluding hydrogens is 702 g/mol. The number of amides is 1. The van der Waals surface area contributed by atoms with E-state index < -0.39 is 136 Å². The Morgan fingerprint density at radius 2 is 1.48 bits per heavy atom. The van der Waals surface area contributed by atoms with Crippen LogP contribution in [0.15, 0.2) is 30.3 Å². The molecular formula is C32H51NO19. The summed E-state index contributed by atoms with van der Waals surface area (Å²) < 4.78 is 27.2. The average Bonchev–Trinajstić information content (AvgIpc) is 3.12. The lowest BCUT2D eigenvalue weighted by molar-refractivity contribution is -0.374. The molecule has 298 valence electrons. The summed E-state index contributed by atoms with van der Waals surface area (Å²) in [4.78, 5) is 25.3. The van der Waals surface area contributed by atoms with Crippen molar-refractivity contribution >= 4 is 11.9 Å². The monoisotopic (exact) mass is 753 g/mol. The number of rotatable bonds is 20. The Labute approximate surface area is 298 Å². The maximum absolute atomic E-state index is 12.9. The highest BCUT2D eigenvalue weighted by Crippen LogP contribution is 2.33. The summed E-state index contributed by atoms with van der Waals surface area (Å²) in [7, 11) is 0. The van der Waals surface area contributed by atoms with Crippen molar-refractivity contribution in [1.82, 2.24) is 5.32 Å². The Balaban J connectivity index is 1.83. The van der Waals surface area contributed by atoms with E-state index in [-0.39, 0.29) is 13.0 Å². The first-order valence-electron chi connectivity index (χ1n) is 16.7. The molecule has 2 heterocycles. The third-order valence-electron chi connectivity index (χ3n) is 8.72. The summed E-state index contributed by atoms with van der Waals surface area (Å²) >= 11 is 0. The SMILES string of the molecule is CCCO[C@@H]1OC(CO)[C@@H](O[C@@H]2OC(CO)[C@H](O)C(O[C@@](O)(C[C@@H](O)[C@H](C[C@H](O)[C@H](O)CO)NC(=O)Cc3ccccc3)C(=O)O)[C@@H]2O)C(O)[C@@H]1O. The molecule has 0 aliphatic carbocycles. The van der Waals surface area contributed by atoms with Crippen LogP contribution < -0.4 is 5.32 Å². The van der Waals surface area contributed by atoms with Gasteiger partial charge in [-0.3, -0.25) is 4.79 Å². The molecule has 0 bridgehead atoms. The molecule has 2 fully saturated rings. The minimum Gasteiger partial charge on any atom is -0.477 e. The topological polar surface area (TPSA) is 335 Å². The van der Waals surface area contributed by atoms with Crippen molar-refractivity contribution in [2.24, 2.45) is 0 Å². The van der Waals surface area contributed by atoms with E-state index >= 15 is 0 Å². The summed E-state index contributed by atoms with van der Waals surface area (Å²) in [5, 5.41) is 128. The Morgan fingerprint density at radius 1 is 0.846 bits per heavy atom. The van der Waals surface area contributed by atoms with Crippen molar-refractivity contribution in [1.29, 1.82) is 0 Å². The van der Waals surface area contributed by atoms with Gasteiger partial charge in [0, 0.05) is 13.0 Å². The molecule has 0 spiro atoms. The quantitative estimate of drug-likeness (QED) is 0.0552. The summed E-state index contributed by atoms with van der Waals surface area (Å²) in [6.45, 7) is -0.777. The number of ether oxygens (including phenoxy) is 5. The molecule has 52 heavy (non-hydrogen) atoms. The van der Waals surface area contributed by atoms with E-state index in [4.69, 9.17) is 23.7 Å². The second kappa shape index (κ2) is 20.3. The van der Waals surface area contributed by atoms with E-state index in [1.807, 2.05) is 0 Å². The van der Waals surface area contributed by atoms with Gasteiger partial charge in [-0.1, -0.05) is 37.3 Å². The van der Waals surface area contributed by atoms with Gasteiger partial charge in [-0.15, -0.1) is 0 Å². The predicted molar refractivity (Wildman–Crippen MR) is 171 cm³/mol. The van der Waals surface area contributed by atoms with Crippen molar-refractivity contribution < 1.29 is 94.6 Å². The minimum absolute atomic E-state index is 0.130. The minimum atomic E-state index is -3.47. The van der Waals surface area contributed by atoms with Crippen LogP contribution in [0.1, 0.15) is 31.7 Å². The largest absolute Gasteiger partial charge is 0.477 e. The van der Waals surface area contributed by atoms with Gasteiger partial charge in [0.15, 0.2) is 12.6 Å². The van der Waals surface area contributed by atoms with Crippen molar-refractivity contribution in [2.75, 3.05) is 26.4 Å². The molecule has 3 rings (SSSR count). The van der Waals surface area contributed by atoms with Crippen LogP contribution >= 0.6 is 0 Å². The fourth-order valence-electron chi connectivity index (χ4n) is 5.78. The lowest BCUT2D eigenvalue weighted by Gasteiger charge is -2.47. The van der Waals surface area contributed by atoms with Crippen LogP contribution in [-0.4, -0.2) is 191 Å². The Kier molecular flexibility index (Phi) is 17.1. The molecule has 20 nitrogen and oxygen atoms in total. The normalized spacial score (nSPS) is 33.0. The fourth-order valence-corrected chi connectivity index (χ4v) is 5.78. The van der Waals surface area contributed by atoms with Gasteiger partial charge < -0.3 is 90.3 Å². The smallest absolute Gasteiger partial charge is 0.364 e. The number of hydrogen-bond donors (Lipinski definition) is 13. The number of nitrogens with one attached hydrogen (secondary N) is 1. The first kappa shape index (κ1) is 43.9. The zero-order valence-corrected chi connectivity index (χ0v) is 28.4. The average molecular weight is 754 g/mol. The van der Waals surface area contributed by atoms with Gasteiger partial charge >= 0.3 is 5.97 Å². The Bertz CT molecular complexity index is 1230. The number of carbonyl (C=O) groups excluding carboxylic acids is 1. The van der Waals surface area contributed by atoms with Crippen molar-refractivity contribution in [3.63, 3.8) is 0 Å². The zero-order valence-electron chi connectivity index (χ0n) is 28.4. The van der Waals surface area contributed by atoms with Crippen LogP contribution in [0.25, 0.3) is 0 Å². The summed E-state index contributed by atoms with van der Waals surface area (Å²) in [5.41, 5.74) is 0.545. The highest BCUT2D eigenvalue weighted by atomic mass is 16.7. The van der Waals surface area contributed by atoms with Crippen molar-refractivity contribution in [2.45, 2.75) is 124 Å². The summed E-state index contributed by atoms with van der Waals surface area (Å²) in [5.74, 6) is -6.35. The molecule has 0 aromatic heterocycles. The number of aliphatic hydroxyl groups is 11. The van der Waals surface area contributed by atoms with Gasteiger partial charge in [-0.25, -0.2) is 4.79 Å². The number of carbonyl (C=O) groups is 2. The first-order chi connectivity index (χ1) is 24.6. The highest BCUT2D eigenvalue weighted by molar-refractivity contribution is 5.79. The molecule has 2 aliphatic rings. The van der Waals surface area contributed by atoms with Crippen LogP contribution in [0.4, 0.5) is 0 Å². The van der Waals surface area contributed by atoms with Crippen LogP contribution in [0.5, 0.6) is 0 Å². The standard InChI is InChI=1S/C32H51NO19/c1-2-8-48-29-25(43)24(42)27(21(14-36)50-29)51-30-26(44)28(23(41)20(13-35)49-30)52-32(47,31(45)46)11-18(38)16(10-17(37)19(39)12-34)33-22(40)9-15-6-4-3-5-7-15/h3-7,16-21,23-30,34-39,41-44,47H,2,8-14H2,1H3,(H,33,40)(H,45,46)/t16-,17-,18+,19+,20?,21?,23-,24?,25-,26-,27+,28?,29+,30-,32-/m0/s1. The second-order valence-corrected chi connectivity index (χ2v) is 12.7. The van der Waals surface area contributed by atoms with E-state index in [0.717, 1.165) is 0 Å².